The van der Waals surface area contributed by atoms with E-state index in [9.17, 15) is 8.42 Å². The number of nitriles is 1. The van der Waals surface area contributed by atoms with Crippen LogP contribution in [0.2, 0.25) is 0 Å². The Bertz CT molecular complexity index is 610. The molecular formula is C14H20ClN3O3S. The van der Waals surface area contributed by atoms with E-state index in [0.717, 1.165) is 39.3 Å². The van der Waals surface area contributed by atoms with Crippen LogP contribution in [0.4, 0.5) is 0 Å². The van der Waals surface area contributed by atoms with Crippen LogP contribution in [-0.4, -0.2) is 52.7 Å². The van der Waals surface area contributed by atoms with Gasteiger partial charge in [0, 0.05) is 19.6 Å². The standard InChI is InChI=1S/C14H19N3O3S.ClH/c15-12-13-3-1-4-14(11-13)21(18,19)16-5-2-6-17-7-9-20-10-8-17;/h1,3-4,11,16H,2,5-10H2;1H. The molecule has 1 N–H and O–H groups in total. The van der Waals surface area contributed by atoms with E-state index in [1.165, 1.54) is 12.1 Å². The summed E-state index contributed by atoms with van der Waals surface area (Å²) in [4.78, 5) is 2.39. The molecule has 122 valence electrons. The van der Waals surface area contributed by atoms with Crippen LogP contribution in [0.15, 0.2) is 29.2 Å². The predicted molar refractivity (Wildman–Crippen MR) is 85.5 cm³/mol. The summed E-state index contributed by atoms with van der Waals surface area (Å²) < 4.78 is 32.0. The molecule has 6 nitrogen and oxygen atoms in total. The van der Waals surface area contributed by atoms with Crippen molar-refractivity contribution in [2.45, 2.75) is 11.3 Å². The zero-order valence-electron chi connectivity index (χ0n) is 12.2. The molecule has 8 heteroatoms. The van der Waals surface area contributed by atoms with Gasteiger partial charge in [0.1, 0.15) is 0 Å². The lowest BCUT2D eigenvalue weighted by atomic mass is 10.2. The first kappa shape index (κ1) is 18.9. The number of benzene rings is 1. The molecule has 1 aromatic rings. The highest BCUT2D eigenvalue weighted by atomic mass is 35.5. The van der Waals surface area contributed by atoms with Crippen LogP contribution in [0.3, 0.4) is 0 Å². The first-order chi connectivity index (χ1) is 10.1. The minimum absolute atomic E-state index is 0. The summed E-state index contributed by atoms with van der Waals surface area (Å²) in [6, 6.07) is 7.96. The molecule has 0 bridgehead atoms. The van der Waals surface area contributed by atoms with E-state index >= 15 is 0 Å². The van der Waals surface area contributed by atoms with E-state index in [-0.39, 0.29) is 17.3 Å². The van der Waals surface area contributed by atoms with Gasteiger partial charge in [-0.15, -0.1) is 12.4 Å². The fourth-order valence-corrected chi connectivity index (χ4v) is 3.27. The summed E-state index contributed by atoms with van der Waals surface area (Å²) in [6.45, 7) is 4.52. The molecule has 0 aromatic heterocycles. The van der Waals surface area contributed by atoms with Crippen molar-refractivity contribution in [3.05, 3.63) is 29.8 Å². The van der Waals surface area contributed by atoms with Gasteiger partial charge in [-0.3, -0.25) is 4.90 Å². The molecule has 0 spiro atoms. The fraction of sp³-hybridized carbons (Fsp3) is 0.500. The highest BCUT2D eigenvalue weighted by Crippen LogP contribution is 2.10. The second-order valence-electron chi connectivity index (χ2n) is 4.84. The van der Waals surface area contributed by atoms with Crippen LogP contribution in [0.5, 0.6) is 0 Å². The molecule has 0 unspecified atom stereocenters. The molecule has 1 aliphatic rings. The smallest absolute Gasteiger partial charge is 0.240 e. The molecule has 0 atom stereocenters. The summed E-state index contributed by atoms with van der Waals surface area (Å²) in [5.74, 6) is 0. The molecule has 0 saturated carbocycles. The van der Waals surface area contributed by atoms with Gasteiger partial charge in [-0.05, 0) is 31.2 Å². The highest BCUT2D eigenvalue weighted by molar-refractivity contribution is 7.89. The summed E-state index contributed by atoms with van der Waals surface area (Å²) >= 11 is 0. The molecule has 0 aliphatic carbocycles. The normalized spacial score (nSPS) is 15.8. The van der Waals surface area contributed by atoms with Crippen molar-refractivity contribution >= 4 is 22.4 Å². The van der Waals surface area contributed by atoms with Gasteiger partial charge in [0.05, 0.1) is 29.7 Å². The highest BCUT2D eigenvalue weighted by Gasteiger charge is 2.14. The maximum Gasteiger partial charge on any atom is 0.240 e. The second kappa shape index (κ2) is 9.08. The van der Waals surface area contributed by atoms with Gasteiger partial charge in [-0.2, -0.15) is 5.26 Å². The number of hydrogen-bond donors (Lipinski definition) is 1. The van der Waals surface area contributed by atoms with E-state index < -0.39 is 10.0 Å². The zero-order chi connectivity index (χ0) is 15.1. The third-order valence-electron chi connectivity index (χ3n) is 3.32. The molecule has 2 rings (SSSR count). The van der Waals surface area contributed by atoms with Crippen molar-refractivity contribution in [2.24, 2.45) is 0 Å². The first-order valence-corrected chi connectivity index (χ1v) is 8.40. The van der Waals surface area contributed by atoms with Gasteiger partial charge in [-0.25, -0.2) is 13.1 Å². The zero-order valence-corrected chi connectivity index (χ0v) is 13.8. The number of ether oxygens (including phenoxy) is 1. The minimum atomic E-state index is -3.54. The molecule has 0 amide bonds. The summed E-state index contributed by atoms with van der Waals surface area (Å²) in [5.41, 5.74) is 0.339. The number of nitrogens with zero attached hydrogens (tertiary/aromatic N) is 2. The molecule has 22 heavy (non-hydrogen) atoms. The van der Waals surface area contributed by atoms with Crippen LogP contribution in [0.1, 0.15) is 12.0 Å². The van der Waals surface area contributed by atoms with Crippen molar-refractivity contribution in [1.29, 1.82) is 5.26 Å². The van der Waals surface area contributed by atoms with Gasteiger partial charge < -0.3 is 4.74 Å². The number of hydrogen-bond acceptors (Lipinski definition) is 5. The Labute approximate surface area is 137 Å². The van der Waals surface area contributed by atoms with Crippen molar-refractivity contribution in [3.63, 3.8) is 0 Å². The lowest BCUT2D eigenvalue weighted by Gasteiger charge is -2.26. The van der Waals surface area contributed by atoms with Gasteiger partial charge in [0.15, 0.2) is 0 Å². The number of nitrogens with one attached hydrogen (secondary N) is 1. The fourth-order valence-electron chi connectivity index (χ4n) is 2.15. The second-order valence-corrected chi connectivity index (χ2v) is 6.61. The van der Waals surface area contributed by atoms with E-state index in [1.807, 2.05) is 6.07 Å². The lowest BCUT2D eigenvalue weighted by molar-refractivity contribution is 0.0376. The topological polar surface area (TPSA) is 82.4 Å². The minimum Gasteiger partial charge on any atom is -0.379 e. The van der Waals surface area contributed by atoms with Crippen molar-refractivity contribution in [3.8, 4) is 6.07 Å². The Morgan fingerprint density at radius 3 is 2.73 bits per heavy atom. The Balaban J connectivity index is 0.00000242. The SMILES string of the molecule is Cl.N#Cc1cccc(S(=O)(=O)NCCCN2CCOCC2)c1. The average molecular weight is 346 g/mol. The maximum absolute atomic E-state index is 12.1. The van der Waals surface area contributed by atoms with Crippen molar-refractivity contribution in [1.82, 2.24) is 9.62 Å². The Morgan fingerprint density at radius 2 is 2.05 bits per heavy atom. The number of rotatable bonds is 6. The van der Waals surface area contributed by atoms with Crippen LogP contribution < -0.4 is 4.72 Å². The van der Waals surface area contributed by atoms with E-state index in [1.54, 1.807) is 12.1 Å². The molecule has 1 heterocycles. The molecule has 1 aliphatic heterocycles. The maximum atomic E-state index is 12.1. The third kappa shape index (κ3) is 5.55. The Kier molecular flexibility index (Phi) is 7.79. The third-order valence-corrected chi connectivity index (χ3v) is 4.78. The molecule has 1 fully saturated rings. The van der Waals surface area contributed by atoms with Crippen LogP contribution >= 0.6 is 12.4 Å². The summed E-state index contributed by atoms with van der Waals surface area (Å²) in [6.07, 6.45) is 0.747. The molecule has 1 saturated heterocycles. The van der Waals surface area contributed by atoms with Crippen LogP contribution in [0.25, 0.3) is 0 Å². The number of sulfonamides is 1. The largest absolute Gasteiger partial charge is 0.379 e. The summed E-state index contributed by atoms with van der Waals surface area (Å²) in [7, 11) is -3.54. The van der Waals surface area contributed by atoms with Gasteiger partial charge in [-0.1, -0.05) is 6.07 Å². The van der Waals surface area contributed by atoms with E-state index in [0.29, 0.717) is 12.1 Å². The van der Waals surface area contributed by atoms with E-state index in [2.05, 4.69) is 9.62 Å². The van der Waals surface area contributed by atoms with Crippen LogP contribution in [-0.2, 0) is 14.8 Å². The van der Waals surface area contributed by atoms with Crippen LogP contribution in [0, 0.1) is 11.3 Å². The van der Waals surface area contributed by atoms with Crippen molar-refractivity contribution in [2.75, 3.05) is 39.4 Å². The first-order valence-electron chi connectivity index (χ1n) is 6.92. The Hall–Kier alpha value is -1.17. The summed E-state index contributed by atoms with van der Waals surface area (Å²) in [5, 5.41) is 8.81. The molecule has 1 aromatic carbocycles. The molecular weight excluding hydrogens is 326 g/mol. The predicted octanol–water partition coefficient (Wildman–Crippen LogP) is 0.981. The lowest BCUT2D eigenvalue weighted by Crippen LogP contribution is -2.38. The van der Waals surface area contributed by atoms with Crippen molar-refractivity contribution < 1.29 is 13.2 Å². The monoisotopic (exact) mass is 345 g/mol. The van der Waals surface area contributed by atoms with Gasteiger partial charge >= 0.3 is 0 Å². The quantitative estimate of drug-likeness (QED) is 0.777. The Morgan fingerprint density at radius 1 is 1.32 bits per heavy atom. The van der Waals surface area contributed by atoms with Gasteiger partial charge in [0.25, 0.3) is 0 Å². The van der Waals surface area contributed by atoms with E-state index in [4.69, 9.17) is 10.00 Å². The van der Waals surface area contributed by atoms with Gasteiger partial charge in [0.2, 0.25) is 10.0 Å². The average Bonchev–Trinajstić information content (AvgIpc) is 2.53. The number of halogens is 1. The number of morpholine rings is 1. The molecule has 0 radical (unpaired) electrons.